The summed E-state index contributed by atoms with van der Waals surface area (Å²) in [5.41, 5.74) is 2.03. The number of aromatic nitrogens is 1. The molecule has 19 heavy (non-hydrogen) atoms. The van der Waals surface area contributed by atoms with Gasteiger partial charge < -0.3 is 5.32 Å². The van der Waals surface area contributed by atoms with Crippen LogP contribution in [0.2, 0.25) is 5.02 Å². The monoisotopic (exact) mass is 270 g/mol. The molecule has 3 heteroatoms. The van der Waals surface area contributed by atoms with E-state index in [0.29, 0.717) is 17.0 Å². The van der Waals surface area contributed by atoms with Gasteiger partial charge in [-0.25, -0.2) is 0 Å². The molecule has 3 atom stereocenters. The predicted molar refractivity (Wildman–Crippen MR) is 79.5 cm³/mol. The van der Waals surface area contributed by atoms with Crippen molar-refractivity contribution in [1.29, 1.82) is 0 Å². The van der Waals surface area contributed by atoms with Crippen molar-refractivity contribution in [2.24, 2.45) is 11.8 Å². The normalized spacial score (nSPS) is 28.2. The van der Waals surface area contributed by atoms with Crippen molar-refractivity contribution in [3.8, 4) is 0 Å². The van der Waals surface area contributed by atoms with Gasteiger partial charge in [0.15, 0.2) is 0 Å². The molecule has 0 aliphatic heterocycles. The van der Waals surface area contributed by atoms with Crippen LogP contribution in [-0.4, -0.2) is 11.0 Å². The molecule has 2 nitrogen and oxygen atoms in total. The quantitative estimate of drug-likeness (QED) is 0.825. The number of halogens is 1. The summed E-state index contributed by atoms with van der Waals surface area (Å²) in [7, 11) is 0. The summed E-state index contributed by atoms with van der Waals surface area (Å²) in [6.45, 7) is 0. The lowest BCUT2D eigenvalue weighted by molar-refractivity contribution is 0.218. The number of nitrogens with zero attached hydrogens (tertiary/aromatic N) is 1. The maximum atomic E-state index is 6.20. The summed E-state index contributed by atoms with van der Waals surface area (Å²) >= 11 is 6.20. The Morgan fingerprint density at radius 1 is 1.26 bits per heavy atom. The van der Waals surface area contributed by atoms with Gasteiger partial charge in [0, 0.05) is 29.2 Å². The molecule has 1 heterocycles. The van der Waals surface area contributed by atoms with Crippen molar-refractivity contribution in [2.75, 3.05) is 5.32 Å². The highest BCUT2D eigenvalue weighted by molar-refractivity contribution is 6.35. The minimum absolute atomic E-state index is 0.563. The minimum atomic E-state index is 0.563. The van der Waals surface area contributed by atoms with Crippen LogP contribution in [0.15, 0.2) is 42.6 Å². The number of anilines is 1. The van der Waals surface area contributed by atoms with Crippen molar-refractivity contribution >= 4 is 28.2 Å². The third kappa shape index (κ3) is 1.74. The molecule has 2 aliphatic carbocycles. The molecule has 2 aliphatic rings. The summed E-state index contributed by atoms with van der Waals surface area (Å²) in [5.74, 6) is 1.58. The highest BCUT2D eigenvalue weighted by Crippen LogP contribution is 2.44. The third-order valence-electron chi connectivity index (χ3n) is 4.42. The van der Waals surface area contributed by atoms with Crippen LogP contribution in [0.3, 0.4) is 0 Å². The second-order valence-corrected chi connectivity index (χ2v) is 5.89. The fourth-order valence-electron chi connectivity index (χ4n) is 3.35. The molecule has 0 saturated heterocycles. The molecular weight excluding hydrogens is 256 g/mol. The van der Waals surface area contributed by atoms with Gasteiger partial charge in [0.05, 0.1) is 10.5 Å². The van der Waals surface area contributed by atoms with Gasteiger partial charge in [0.1, 0.15) is 0 Å². The summed E-state index contributed by atoms with van der Waals surface area (Å²) in [4.78, 5) is 4.37. The van der Waals surface area contributed by atoms with E-state index < -0.39 is 0 Å². The Morgan fingerprint density at radius 2 is 2.21 bits per heavy atom. The van der Waals surface area contributed by atoms with Crippen molar-refractivity contribution in [3.63, 3.8) is 0 Å². The highest BCUT2D eigenvalue weighted by Gasteiger charge is 2.40. The van der Waals surface area contributed by atoms with Crippen LogP contribution in [0, 0.1) is 11.8 Å². The lowest BCUT2D eigenvalue weighted by Gasteiger charge is -2.41. The number of allylic oxidation sites excluding steroid dienone is 1. The maximum absolute atomic E-state index is 6.20. The van der Waals surface area contributed by atoms with Crippen molar-refractivity contribution in [1.82, 2.24) is 4.98 Å². The van der Waals surface area contributed by atoms with Crippen LogP contribution in [0.1, 0.15) is 12.8 Å². The SMILES string of the molecule is Clc1ccc(NC2CC3CC=CC32)c2cccnc12. The second kappa shape index (κ2) is 4.24. The van der Waals surface area contributed by atoms with Crippen LogP contribution < -0.4 is 5.32 Å². The number of pyridine rings is 1. The smallest absolute Gasteiger partial charge is 0.0908 e. The number of benzene rings is 1. The maximum Gasteiger partial charge on any atom is 0.0908 e. The minimum Gasteiger partial charge on any atom is -0.381 e. The molecule has 3 unspecified atom stereocenters. The average Bonchev–Trinajstić information content (AvgIpc) is 2.80. The fourth-order valence-corrected chi connectivity index (χ4v) is 3.56. The Kier molecular flexibility index (Phi) is 2.52. The molecule has 96 valence electrons. The van der Waals surface area contributed by atoms with Crippen LogP contribution in [0.25, 0.3) is 10.9 Å². The molecule has 2 aromatic rings. The number of fused-ring (bicyclic) bond motifs is 2. The first-order valence-electron chi connectivity index (χ1n) is 6.79. The zero-order chi connectivity index (χ0) is 12.8. The summed E-state index contributed by atoms with van der Waals surface area (Å²) in [6.07, 6.45) is 8.99. The van der Waals surface area contributed by atoms with E-state index in [-0.39, 0.29) is 0 Å². The summed E-state index contributed by atoms with van der Waals surface area (Å²) < 4.78 is 0. The van der Waals surface area contributed by atoms with E-state index >= 15 is 0 Å². The second-order valence-electron chi connectivity index (χ2n) is 5.48. The van der Waals surface area contributed by atoms with Crippen molar-refractivity contribution in [3.05, 3.63) is 47.6 Å². The molecule has 1 saturated carbocycles. The van der Waals surface area contributed by atoms with Crippen molar-refractivity contribution in [2.45, 2.75) is 18.9 Å². The number of hydrogen-bond donors (Lipinski definition) is 1. The molecule has 1 N–H and O–H groups in total. The highest BCUT2D eigenvalue weighted by atomic mass is 35.5. The van der Waals surface area contributed by atoms with Gasteiger partial charge in [-0.1, -0.05) is 23.8 Å². The van der Waals surface area contributed by atoms with Gasteiger partial charge >= 0.3 is 0 Å². The van der Waals surface area contributed by atoms with E-state index in [1.54, 1.807) is 6.20 Å². The van der Waals surface area contributed by atoms with Crippen molar-refractivity contribution < 1.29 is 0 Å². The lowest BCUT2D eigenvalue weighted by atomic mass is 9.71. The Morgan fingerprint density at radius 3 is 3.11 bits per heavy atom. The number of hydrogen-bond acceptors (Lipinski definition) is 2. The van der Waals surface area contributed by atoms with Crippen LogP contribution in [-0.2, 0) is 0 Å². The molecule has 0 amide bonds. The Balaban J connectivity index is 1.68. The molecule has 0 bridgehead atoms. The van der Waals surface area contributed by atoms with E-state index in [1.165, 1.54) is 12.8 Å². The van der Waals surface area contributed by atoms with E-state index in [9.17, 15) is 0 Å². The molecule has 1 aromatic carbocycles. The molecule has 4 rings (SSSR count). The molecule has 0 radical (unpaired) electrons. The van der Waals surface area contributed by atoms with Gasteiger partial charge in [-0.3, -0.25) is 4.98 Å². The third-order valence-corrected chi connectivity index (χ3v) is 4.73. The van der Waals surface area contributed by atoms with Gasteiger partial charge in [-0.05, 0) is 43.0 Å². The molecule has 0 spiro atoms. The Labute approximate surface area is 117 Å². The zero-order valence-electron chi connectivity index (χ0n) is 10.5. The van der Waals surface area contributed by atoms with Gasteiger partial charge in [0.25, 0.3) is 0 Å². The summed E-state index contributed by atoms with van der Waals surface area (Å²) in [5, 5.41) is 5.50. The molecule has 1 aromatic heterocycles. The Hall–Kier alpha value is -1.54. The topological polar surface area (TPSA) is 24.9 Å². The molecular formula is C16H15ClN2. The van der Waals surface area contributed by atoms with E-state index in [1.807, 2.05) is 12.1 Å². The standard InChI is InChI=1S/C16H15ClN2/c17-13-6-7-14(12-5-2-8-18-16(12)13)19-15-9-10-3-1-4-11(10)15/h1-2,4-8,10-11,15,19H,3,9H2. The first-order chi connectivity index (χ1) is 9.33. The largest absolute Gasteiger partial charge is 0.381 e. The number of nitrogens with one attached hydrogen (secondary N) is 1. The predicted octanol–water partition coefficient (Wildman–Crippen LogP) is 4.26. The van der Waals surface area contributed by atoms with Crippen LogP contribution in [0.5, 0.6) is 0 Å². The number of rotatable bonds is 2. The van der Waals surface area contributed by atoms with Crippen LogP contribution >= 0.6 is 11.6 Å². The lowest BCUT2D eigenvalue weighted by Crippen LogP contribution is -2.43. The first-order valence-corrected chi connectivity index (χ1v) is 7.17. The summed E-state index contributed by atoms with van der Waals surface area (Å²) in [6, 6.07) is 8.60. The van der Waals surface area contributed by atoms with Crippen LogP contribution in [0.4, 0.5) is 5.69 Å². The average molecular weight is 271 g/mol. The van der Waals surface area contributed by atoms with E-state index in [4.69, 9.17) is 11.6 Å². The first kappa shape index (κ1) is 11.3. The Bertz CT molecular complexity index is 665. The zero-order valence-corrected chi connectivity index (χ0v) is 11.3. The van der Waals surface area contributed by atoms with E-state index in [2.05, 4.69) is 34.6 Å². The van der Waals surface area contributed by atoms with Gasteiger partial charge in [-0.2, -0.15) is 0 Å². The van der Waals surface area contributed by atoms with Gasteiger partial charge in [0.2, 0.25) is 0 Å². The fraction of sp³-hybridized carbons (Fsp3) is 0.312. The van der Waals surface area contributed by atoms with E-state index in [0.717, 1.165) is 22.5 Å². The molecule has 1 fully saturated rings. The van der Waals surface area contributed by atoms with Gasteiger partial charge in [-0.15, -0.1) is 0 Å².